The molecule has 0 aromatic heterocycles. The van der Waals surface area contributed by atoms with Crippen molar-refractivity contribution in [2.24, 2.45) is 5.41 Å². The van der Waals surface area contributed by atoms with Gasteiger partial charge in [0.05, 0.1) is 13.2 Å². The Morgan fingerprint density at radius 3 is 1.73 bits per heavy atom. The van der Waals surface area contributed by atoms with E-state index in [9.17, 15) is 15.0 Å². The van der Waals surface area contributed by atoms with Crippen LogP contribution in [0.5, 0.6) is 0 Å². The van der Waals surface area contributed by atoms with Crippen molar-refractivity contribution in [2.45, 2.75) is 13.0 Å². The quantitative estimate of drug-likeness (QED) is 0.803. The number of carbonyl (C=O) groups excluding carboxylic acids is 1. The van der Waals surface area contributed by atoms with Gasteiger partial charge in [-0.05, 0) is 18.1 Å². The van der Waals surface area contributed by atoms with Gasteiger partial charge < -0.3 is 14.9 Å². The highest BCUT2D eigenvalue weighted by molar-refractivity contribution is 5.77. The van der Waals surface area contributed by atoms with Crippen LogP contribution in [0.15, 0.2) is 60.7 Å². The molecule has 0 spiro atoms. The van der Waals surface area contributed by atoms with E-state index in [4.69, 9.17) is 4.74 Å². The summed E-state index contributed by atoms with van der Waals surface area (Å²) in [6.07, 6.45) is -0.577. The topological polar surface area (TPSA) is 66.8 Å². The molecule has 0 unspecified atom stereocenters. The first-order valence-corrected chi connectivity index (χ1v) is 7.13. The number of benzene rings is 2. The number of hydrogen-bond acceptors (Lipinski definition) is 4. The molecule has 4 nitrogen and oxygen atoms in total. The van der Waals surface area contributed by atoms with Crippen LogP contribution < -0.4 is 0 Å². The van der Waals surface area contributed by atoms with Crippen molar-refractivity contribution in [3.8, 4) is 0 Å². The van der Waals surface area contributed by atoms with Crippen molar-refractivity contribution >= 4 is 5.97 Å². The highest BCUT2D eigenvalue weighted by atomic mass is 16.5. The monoisotopic (exact) mass is 300 g/mol. The smallest absolute Gasteiger partial charge is 0.317 e. The summed E-state index contributed by atoms with van der Waals surface area (Å²) in [5.41, 5.74) is 0.350. The molecule has 2 rings (SSSR count). The Morgan fingerprint density at radius 2 is 1.36 bits per heavy atom. The fourth-order valence-electron chi connectivity index (χ4n) is 2.01. The third-order valence-corrected chi connectivity index (χ3v) is 3.62. The molecule has 0 fully saturated rings. The minimum atomic E-state index is -1.32. The summed E-state index contributed by atoms with van der Waals surface area (Å²) in [5.74, 6) is -0.629. The van der Waals surface area contributed by atoms with Gasteiger partial charge in [-0.15, -0.1) is 0 Å². The summed E-state index contributed by atoms with van der Waals surface area (Å²) in [5, 5.41) is 18.7. The van der Waals surface area contributed by atoms with Crippen LogP contribution in [-0.4, -0.2) is 29.4 Å². The maximum absolute atomic E-state index is 12.3. The van der Waals surface area contributed by atoms with E-state index in [2.05, 4.69) is 0 Å². The van der Waals surface area contributed by atoms with E-state index in [1.807, 2.05) is 60.7 Å². The van der Waals surface area contributed by atoms with Crippen molar-refractivity contribution in [1.29, 1.82) is 0 Å². The number of aliphatic hydroxyl groups is 2. The number of aliphatic hydroxyl groups excluding tert-OH is 2. The Hall–Kier alpha value is -2.17. The lowest BCUT2D eigenvalue weighted by molar-refractivity contribution is -0.164. The summed E-state index contributed by atoms with van der Waals surface area (Å²) < 4.78 is 5.61. The van der Waals surface area contributed by atoms with Crippen LogP contribution in [0.1, 0.15) is 24.2 Å². The molecule has 2 N–H and O–H groups in total. The molecule has 0 aliphatic heterocycles. The minimum Gasteiger partial charge on any atom is -0.452 e. The normalized spacial score (nSPS) is 11.5. The maximum Gasteiger partial charge on any atom is 0.317 e. The Morgan fingerprint density at radius 1 is 0.955 bits per heavy atom. The van der Waals surface area contributed by atoms with Gasteiger partial charge in [0.15, 0.2) is 6.10 Å². The predicted molar refractivity (Wildman–Crippen MR) is 83.1 cm³/mol. The van der Waals surface area contributed by atoms with Gasteiger partial charge in [0.25, 0.3) is 0 Å². The van der Waals surface area contributed by atoms with Crippen LogP contribution in [0.4, 0.5) is 0 Å². The largest absolute Gasteiger partial charge is 0.452 e. The molecule has 0 atom stereocenters. The van der Waals surface area contributed by atoms with Crippen LogP contribution >= 0.6 is 0 Å². The van der Waals surface area contributed by atoms with Crippen molar-refractivity contribution in [2.75, 3.05) is 13.2 Å². The average Bonchev–Trinajstić information content (AvgIpc) is 2.60. The molecular weight excluding hydrogens is 280 g/mol. The molecule has 0 heterocycles. The van der Waals surface area contributed by atoms with Crippen LogP contribution in [0.25, 0.3) is 0 Å². The molecule has 0 saturated carbocycles. The Labute approximate surface area is 130 Å². The van der Waals surface area contributed by atoms with Gasteiger partial charge in [-0.2, -0.15) is 0 Å². The molecule has 2 aromatic rings. The molecule has 0 bridgehead atoms. The lowest BCUT2D eigenvalue weighted by atomic mass is 9.93. The second-order valence-electron chi connectivity index (χ2n) is 5.48. The van der Waals surface area contributed by atoms with Gasteiger partial charge in [0.2, 0.25) is 0 Å². The average molecular weight is 300 g/mol. The first kappa shape index (κ1) is 16.2. The number of hydrogen-bond donors (Lipinski definition) is 2. The van der Waals surface area contributed by atoms with Crippen LogP contribution in [0, 0.1) is 5.41 Å². The van der Waals surface area contributed by atoms with Crippen molar-refractivity contribution < 1.29 is 19.7 Å². The zero-order valence-corrected chi connectivity index (χ0v) is 12.5. The first-order chi connectivity index (χ1) is 10.6. The van der Waals surface area contributed by atoms with E-state index < -0.39 is 30.7 Å². The van der Waals surface area contributed by atoms with Crippen molar-refractivity contribution in [3.05, 3.63) is 71.8 Å². The molecule has 0 aliphatic carbocycles. The highest BCUT2D eigenvalue weighted by Crippen LogP contribution is 2.29. The SMILES string of the molecule is CC(CO)(CO)C(=O)OC(c1ccccc1)c1ccccc1. The van der Waals surface area contributed by atoms with Gasteiger partial charge in [0.1, 0.15) is 5.41 Å². The Balaban J connectivity index is 2.33. The summed E-state index contributed by atoms with van der Waals surface area (Å²) in [6.45, 7) is 0.527. The fraction of sp³-hybridized carbons (Fsp3) is 0.278. The van der Waals surface area contributed by atoms with Crippen molar-refractivity contribution in [3.63, 3.8) is 0 Å². The van der Waals surface area contributed by atoms with Crippen molar-refractivity contribution in [1.82, 2.24) is 0 Å². The lowest BCUT2D eigenvalue weighted by Crippen LogP contribution is -2.37. The van der Waals surface area contributed by atoms with E-state index in [-0.39, 0.29) is 0 Å². The van der Waals surface area contributed by atoms with E-state index in [1.54, 1.807) is 0 Å². The molecule has 22 heavy (non-hydrogen) atoms. The summed E-state index contributed by atoms with van der Waals surface area (Å²) in [7, 11) is 0. The number of esters is 1. The minimum absolute atomic E-state index is 0.474. The molecule has 116 valence electrons. The Bertz CT molecular complexity index is 551. The number of carbonyl (C=O) groups is 1. The van der Waals surface area contributed by atoms with E-state index >= 15 is 0 Å². The molecule has 0 saturated heterocycles. The van der Waals surface area contributed by atoms with Gasteiger partial charge in [-0.1, -0.05) is 60.7 Å². The highest BCUT2D eigenvalue weighted by Gasteiger charge is 2.36. The molecule has 0 radical (unpaired) electrons. The van der Waals surface area contributed by atoms with Crippen LogP contribution in [0.2, 0.25) is 0 Å². The second-order valence-corrected chi connectivity index (χ2v) is 5.48. The third-order valence-electron chi connectivity index (χ3n) is 3.62. The molecule has 0 aliphatic rings. The molecular formula is C18H20O4. The zero-order valence-electron chi connectivity index (χ0n) is 12.5. The summed E-state index contributed by atoms with van der Waals surface area (Å²) >= 11 is 0. The Kier molecular flexibility index (Phi) is 5.31. The zero-order chi connectivity index (χ0) is 16.0. The molecule has 0 amide bonds. The number of rotatable bonds is 6. The molecule has 4 heteroatoms. The van der Waals surface area contributed by atoms with Gasteiger partial charge in [0, 0.05) is 0 Å². The van der Waals surface area contributed by atoms with Gasteiger partial charge in [-0.3, -0.25) is 4.79 Å². The first-order valence-electron chi connectivity index (χ1n) is 7.13. The standard InChI is InChI=1S/C18H20O4/c1-18(12-19,13-20)17(21)22-16(14-8-4-2-5-9-14)15-10-6-3-7-11-15/h2-11,16,19-20H,12-13H2,1H3. The lowest BCUT2D eigenvalue weighted by Gasteiger charge is -2.26. The summed E-state index contributed by atoms with van der Waals surface area (Å²) in [4.78, 5) is 12.3. The maximum atomic E-state index is 12.3. The third kappa shape index (κ3) is 3.53. The van der Waals surface area contributed by atoms with E-state index in [1.165, 1.54) is 6.92 Å². The van der Waals surface area contributed by atoms with Crippen LogP contribution in [0.3, 0.4) is 0 Å². The molecule has 2 aromatic carbocycles. The summed E-state index contributed by atoms with van der Waals surface area (Å²) in [6, 6.07) is 18.8. The van der Waals surface area contributed by atoms with Gasteiger partial charge >= 0.3 is 5.97 Å². The van der Waals surface area contributed by atoms with E-state index in [0.717, 1.165) is 11.1 Å². The fourth-order valence-corrected chi connectivity index (χ4v) is 2.01. The van der Waals surface area contributed by atoms with E-state index in [0.29, 0.717) is 0 Å². The second kappa shape index (κ2) is 7.20. The van der Waals surface area contributed by atoms with Gasteiger partial charge in [-0.25, -0.2) is 0 Å². The number of ether oxygens (including phenoxy) is 1. The van der Waals surface area contributed by atoms with Crippen LogP contribution in [-0.2, 0) is 9.53 Å². The predicted octanol–water partition coefficient (Wildman–Crippen LogP) is 2.31.